The average Bonchev–Trinajstić information content (AvgIpc) is 2.93. The normalized spacial score (nSPS) is 10.3. The Morgan fingerprint density at radius 2 is 1.95 bits per heavy atom. The summed E-state index contributed by atoms with van der Waals surface area (Å²) in [7, 11) is 3.24. The Morgan fingerprint density at radius 1 is 1.16 bits per heavy atom. The van der Waals surface area contributed by atoms with Gasteiger partial charge in [-0.25, -0.2) is 0 Å². The predicted octanol–water partition coefficient (Wildman–Crippen LogP) is 3.04. The van der Waals surface area contributed by atoms with E-state index >= 15 is 0 Å². The van der Waals surface area contributed by atoms with Gasteiger partial charge in [-0.1, -0.05) is 18.3 Å². The quantitative estimate of drug-likeness (QED) is 0.880. The van der Waals surface area contributed by atoms with Gasteiger partial charge in [-0.3, -0.25) is 0 Å². The highest BCUT2D eigenvalue weighted by molar-refractivity contribution is 7.18. The number of hydrogen-bond donors (Lipinski definition) is 1. The lowest BCUT2D eigenvalue weighted by molar-refractivity contribution is 0.355. The Labute approximate surface area is 116 Å². The molecule has 0 aliphatic carbocycles. The molecule has 0 atom stereocenters. The van der Waals surface area contributed by atoms with Crippen molar-refractivity contribution in [1.29, 1.82) is 0 Å². The van der Waals surface area contributed by atoms with Gasteiger partial charge in [0.1, 0.15) is 5.01 Å². The third-order valence-corrected chi connectivity index (χ3v) is 3.51. The second-order valence-electron chi connectivity index (χ2n) is 3.91. The third-order valence-electron chi connectivity index (χ3n) is 2.58. The minimum atomic E-state index is 0.693. The van der Waals surface area contributed by atoms with E-state index in [0.717, 1.165) is 28.7 Å². The summed E-state index contributed by atoms with van der Waals surface area (Å²) in [5.41, 5.74) is 0.972. The Morgan fingerprint density at radius 3 is 2.63 bits per heavy atom. The van der Waals surface area contributed by atoms with Crippen LogP contribution in [0.1, 0.15) is 13.3 Å². The summed E-state index contributed by atoms with van der Waals surface area (Å²) in [5.74, 6) is 1.40. The fraction of sp³-hybridized carbons (Fsp3) is 0.385. The van der Waals surface area contributed by atoms with E-state index in [2.05, 4.69) is 22.4 Å². The van der Waals surface area contributed by atoms with Gasteiger partial charge in [0.15, 0.2) is 11.5 Å². The van der Waals surface area contributed by atoms with E-state index in [1.54, 1.807) is 14.2 Å². The van der Waals surface area contributed by atoms with Crippen molar-refractivity contribution in [3.63, 3.8) is 0 Å². The van der Waals surface area contributed by atoms with Crippen LogP contribution in [0.3, 0.4) is 0 Å². The standard InChI is InChI=1S/C13H17N3O2S/c1-4-7-14-13-16-15-12(19-13)9-5-6-10(17-2)11(8-9)18-3/h5-6,8H,4,7H2,1-3H3,(H,14,16). The molecule has 1 aromatic carbocycles. The van der Waals surface area contributed by atoms with Crippen LogP contribution in [0.4, 0.5) is 5.13 Å². The Balaban J connectivity index is 2.23. The first-order valence-corrected chi connectivity index (χ1v) is 6.90. The topological polar surface area (TPSA) is 56.3 Å². The van der Waals surface area contributed by atoms with Crippen LogP contribution in [0.15, 0.2) is 18.2 Å². The minimum Gasteiger partial charge on any atom is -0.493 e. The van der Waals surface area contributed by atoms with Crippen molar-refractivity contribution in [2.75, 3.05) is 26.1 Å². The summed E-state index contributed by atoms with van der Waals surface area (Å²) in [6.07, 6.45) is 1.06. The molecule has 19 heavy (non-hydrogen) atoms. The molecule has 1 aromatic heterocycles. The summed E-state index contributed by atoms with van der Waals surface area (Å²) in [6, 6.07) is 5.73. The Kier molecular flexibility index (Phi) is 4.57. The first kappa shape index (κ1) is 13.6. The van der Waals surface area contributed by atoms with Crippen LogP contribution in [-0.4, -0.2) is 31.0 Å². The van der Waals surface area contributed by atoms with Crippen LogP contribution in [0, 0.1) is 0 Å². The SMILES string of the molecule is CCCNc1nnc(-c2ccc(OC)c(OC)c2)s1. The molecule has 0 amide bonds. The second-order valence-corrected chi connectivity index (χ2v) is 4.89. The van der Waals surface area contributed by atoms with Crippen molar-refractivity contribution in [2.24, 2.45) is 0 Å². The van der Waals surface area contributed by atoms with Crippen molar-refractivity contribution < 1.29 is 9.47 Å². The summed E-state index contributed by atoms with van der Waals surface area (Å²) >= 11 is 1.53. The number of benzene rings is 1. The molecule has 1 heterocycles. The maximum atomic E-state index is 5.29. The highest BCUT2D eigenvalue weighted by Crippen LogP contribution is 2.34. The van der Waals surface area contributed by atoms with E-state index in [1.807, 2.05) is 18.2 Å². The molecule has 0 aliphatic heterocycles. The van der Waals surface area contributed by atoms with Crippen molar-refractivity contribution in [3.05, 3.63) is 18.2 Å². The number of hydrogen-bond acceptors (Lipinski definition) is 6. The molecule has 0 saturated heterocycles. The zero-order chi connectivity index (χ0) is 13.7. The molecule has 2 rings (SSSR count). The van der Waals surface area contributed by atoms with Crippen LogP contribution in [0.5, 0.6) is 11.5 Å². The molecule has 0 bridgehead atoms. The van der Waals surface area contributed by atoms with Crippen LogP contribution >= 0.6 is 11.3 Å². The zero-order valence-electron chi connectivity index (χ0n) is 11.3. The number of nitrogens with one attached hydrogen (secondary N) is 1. The molecule has 0 unspecified atom stereocenters. The van der Waals surface area contributed by atoms with Crippen molar-refractivity contribution in [3.8, 4) is 22.1 Å². The fourth-order valence-corrected chi connectivity index (χ4v) is 2.38. The number of methoxy groups -OCH3 is 2. The Bertz CT molecular complexity index is 542. The van der Waals surface area contributed by atoms with E-state index in [1.165, 1.54) is 11.3 Å². The smallest absolute Gasteiger partial charge is 0.206 e. The summed E-state index contributed by atoms with van der Waals surface area (Å²) in [6.45, 7) is 3.02. The molecule has 0 spiro atoms. The average molecular weight is 279 g/mol. The highest BCUT2D eigenvalue weighted by Gasteiger charge is 2.10. The maximum Gasteiger partial charge on any atom is 0.206 e. The number of nitrogens with zero attached hydrogens (tertiary/aromatic N) is 2. The van der Waals surface area contributed by atoms with Crippen LogP contribution in [0.2, 0.25) is 0 Å². The Hall–Kier alpha value is -1.82. The molecule has 0 radical (unpaired) electrons. The molecule has 6 heteroatoms. The second kappa shape index (κ2) is 6.38. The van der Waals surface area contributed by atoms with Gasteiger partial charge >= 0.3 is 0 Å². The van der Waals surface area contributed by atoms with Crippen LogP contribution in [0.25, 0.3) is 10.6 Å². The fourth-order valence-electron chi connectivity index (χ4n) is 1.61. The van der Waals surface area contributed by atoms with Gasteiger partial charge in [0.25, 0.3) is 0 Å². The van der Waals surface area contributed by atoms with Gasteiger partial charge in [-0.2, -0.15) is 0 Å². The van der Waals surface area contributed by atoms with Gasteiger partial charge in [0.2, 0.25) is 5.13 Å². The van der Waals surface area contributed by atoms with E-state index < -0.39 is 0 Å². The molecule has 1 N–H and O–H groups in total. The van der Waals surface area contributed by atoms with Crippen molar-refractivity contribution >= 4 is 16.5 Å². The number of anilines is 1. The monoisotopic (exact) mass is 279 g/mol. The third kappa shape index (κ3) is 3.14. The van der Waals surface area contributed by atoms with E-state index in [9.17, 15) is 0 Å². The number of aromatic nitrogens is 2. The minimum absolute atomic E-state index is 0.693. The highest BCUT2D eigenvalue weighted by atomic mass is 32.1. The van der Waals surface area contributed by atoms with Crippen molar-refractivity contribution in [2.45, 2.75) is 13.3 Å². The molecule has 0 aliphatic rings. The first-order valence-electron chi connectivity index (χ1n) is 6.08. The van der Waals surface area contributed by atoms with Gasteiger partial charge in [0.05, 0.1) is 14.2 Å². The van der Waals surface area contributed by atoms with Crippen molar-refractivity contribution in [1.82, 2.24) is 10.2 Å². The lowest BCUT2D eigenvalue weighted by Gasteiger charge is -2.07. The predicted molar refractivity (Wildman–Crippen MR) is 77.2 cm³/mol. The summed E-state index contributed by atoms with van der Waals surface area (Å²) in [4.78, 5) is 0. The lowest BCUT2D eigenvalue weighted by Crippen LogP contribution is -1.98. The first-order chi connectivity index (χ1) is 9.28. The molecular formula is C13H17N3O2S. The molecule has 0 saturated carbocycles. The van der Waals surface area contributed by atoms with Gasteiger partial charge in [-0.05, 0) is 24.6 Å². The number of rotatable bonds is 6. The largest absolute Gasteiger partial charge is 0.493 e. The van der Waals surface area contributed by atoms with Gasteiger partial charge < -0.3 is 14.8 Å². The molecule has 102 valence electrons. The summed E-state index contributed by atoms with van der Waals surface area (Å²) < 4.78 is 10.5. The van der Waals surface area contributed by atoms with E-state index in [4.69, 9.17) is 9.47 Å². The molecule has 2 aromatic rings. The van der Waals surface area contributed by atoms with Crippen LogP contribution in [-0.2, 0) is 0 Å². The van der Waals surface area contributed by atoms with E-state index in [-0.39, 0.29) is 0 Å². The molecule has 0 fully saturated rings. The van der Waals surface area contributed by atoms with Crippen LogP contribution < -0.4 is 14.8 Å². The zero-order valence-corrected chi connectivity index (χ0v) is 12.1. The van der Waals surface area contributed by atoms with E-state index in [0.29, 0.717) is 11.5 Å². The molecule has 5 nitrogen and oxygen atoms in total. The van der Waals surface area contributed by atoms with Gasteiger partial charge in [-0.15, -0.1) is 10.2 Å². The van der Waals surface area contributed by atoms with Gasteiger partial charge in [0, 0.05) is 12.1 Å². The summed E-state index contributed by atoms with van der Waals surface area (Å²) in [5, 5.41) is 13.2. The number of ether oxygens (including phenoxy) is 2. The lowest BCUT2D eigenvalue weighted by atomic mass is 10.2. The molecular weight excluding hydrogens is 262 g/mol. The maximum absolute atomic E-state index is 5.29.